The third-order valence-electron chi connectivity index (χ3n) is 3.69. The van der Waals surface area contributed by atoms with Crippen LogP contribution in [0.15, 0.2) is 59.7 Å². The van der Waals surface area contributed by atoms with Crippen LogP contribution in [0.25, 0.3) is 10.8 Å². The lowest BCUT2D eigenvalue weighted by Crippen LogP contribution is -2.18. The summed E-state index contributed by atoms with van der Waals surface area (Å²) < 4.78 is 5.39. The van der Waals surface area contributed by atoms with Gasteiger partial charge in [-0.3, -0.25) is 4.79 Å². The van der Waals surface area contributed by atoms with Gasteiger partial charge in [0.2, 0.25) is 0 Å². The maximum absolute atomic E-state index is 12.2. The first-order chi connectivity index (χ1) is 12.1. The number of carbonyl (C=O) groups excluding carboxylic acids is 1. The zero-order valence-electron chi connectivity index (χ0n) is 13.3. The molecule has 0 aliphatic heterocycles. The van der Waals surface area contributed by atoms with Crippen molar-refractivity contribution in [2.45, 2.75) is 0 Å². The number of hydrogen-bond acceptors (Lipinski definition) is 3. The maximum atomic E-state index is 12.2. The van der Waals surface area contributed by atoms with Crippen molar-refractivity contribution in [1.29, 1.82) is 0 Å². The van der Waals surface area contributed by atoms with E-state index in [0.29, 0.717) is 16.3 Å². The lowest BCUT2D eigenvalue weighted by molar-refractivity contribution is 0.0955. The second kappa shape index (κ2) is 7.55. The number of rotatable bonds is 4. The normalized spacial score (nSPS) is 11.0. The average molecular weight is 373 g/mol. The first-order valence-electron chi connectivity index (χ1n) is 7.44. The Labute approximate surface area is 155 Å². The predicted molar refractivity (Wildman–Crippen MR) is 102 cm³/mol. The van der Waals surface area contributed by atoms with Gasteiger partial charge in [0, 0.05) is 10.6 Å². The molecule has 4 nitrogen and oxygen atoms in total. The van der Waals surface area contributed by atoms with Gasteiger partial charge in [0.15, 0.2) is 0 Å². The van der Waals surface area contributed by atoms with Crippen LogP contribution in [0.1, 0.15) is 15.9 Å². The molecule has 0 fully saturated rings. The Bertz CT molecular complexity index is 971. The molecule has 0 unspecified atom stereocenters. The molecule has 6 heteroatoms. The Morgan fingerprint density at radius 2 is 1.92 bits per heavy atom. The molecule has 0 radical (unpaired) electrons. The van der Waals surface area contributed by atoms with E-state index in [1.54, 1.807) is 25.5 Å². The third-order valence-corrected chi connectivity index (χ3v) is 4.23. The van der Waals surface area contributed by atoms with Crippen molar-refractivity contribution in [2.75, 3.05) is 7.11 Å². The molecule has 3 rings (SSSR count). The molecular formula is C19H14Cl2N2O2. The summed E-state index contributed by atoms with van der Waals surface area (Å²) >= 11 is 11.9. The Morgan fingerprint density at radius 3 is 2.68 bits per heavy atom. The molecule has 0 saturated heterocycles. The molecule has 25 heavy (non-hydrogen) atoms. The first-order valence-corrected chi connectivity index (χ1v) is 8.20. The topological polar surface area (TPSA) is 50.7 Å². The van der Waals surface area contributed by atoms with Gasteiger partial charge in [-0.1, -0.05) is 53.5 Å². The van der Waals surface area contributed by atoms with Crippen LogP contribution in [0.2, 0.25) is 10.0 Å². The van der Waals surface area contributed by atoms with Crippen LogP contribution in [0, 0.1) is 0 Å². The van der Waals surface area contributed by atoms with Crippen molar-refractivity contribution in [2.24, 2.45) is 5.10 Å². The molecule has 0 atom stereocenters. The minimum absolute atomic E-state index is 0.267. The summed E-state index contributed by atoms with van der Waals surface area (Å²) in [5.41, 5.74) is 3.55. The number of nitrogens with zero attached hydrogens (tertiary/aromatic N) is 1. The Hall–Kier alpha value is -2.56. The Balaban J connectivity index is 1.87. The zero-order chi connectivity index (χ0) is 17.8. The van der Waals surface area contributed by atoms with Crippen molar-refractivity contribution in [3.8, 4) is 5.75 Å². The van der Waals surface area contributed by atoms with Crippen molar-refractivity contribution >= 4 is 46.1 Å². The van der Waals surface area contributed by atoms with Crippen LogP contribution < -0.4 is 10.2 Å². The molecular weight excluding hydrogens is 359 g/mol. The number of carbonyl (C=O) groups is 1. The fourth-order valence-electron chi connectivity index (χ4n) is 2.48. The van der Waals surface area contributed by atoms with Gasteiger partial charge in [0.1, 0.15) is 5.75 Å². The third kappa shape index (κ3) is 3.76. The molecule has 1 N–H and O–H groups in total. The van der Waals surface area contributed by atoms with E-state index in [9.17, 15) is 4.79 Å². The number of hydrogen-bond donors (Lipinski definition) is 1. The van der Waals surface area contributed by atoms with Crippen LogP contribution in [0.3, 0.4) is 0 Å². The van der Waals surface area contributed by atoms with E-state index in [4.69, 9.17) is 27.9 Å². The maximum Gasteiger partial charge on any atom is 0.272 e. The van der Waals surface area contributed by atoms with E-state index < -0.39 is 5.91 Å². The Kier molecular flexibility index (Phi) is 5.22. The number of amides is 1. The zero-order valence-corrected chi connectivity index (χ0v) is 14.8. The van der Waals surface area contributed by atoms with Gasteiger partial charge >= 0.3 is 0 Å². The summed E-state index contributed by atoms with van der Waals surface area (Å²) in [4.78, 5) is 12.2. The lowest BCUT2D eigenvalue weighted by Gasteiger charge is -2.08. The minimum Gasteiger partial charge on any atom is -0.496 e. The van der Waals surface area contributed by atoms with Crippen LogP contribution in [-0.2, 0) is 0 Å². The van der Waals surface area contributed by atoms with E-state index in [1.807, 2.05) is 36.4 Å². The number of nitrogens with one attached hydrogen (secondary N) is 1. The average Bonchev–Trinajstić information content (AvgIpc) is 2.61. The van der Waals surface area contributed by atoms with E-state index >= 15 is 0 Å². The van der Waals surface area contributed by atoms with E-state index in [1.165, 1.54) is 6.07 Å². The minimum atomic E-state index is -0.419. The van der Waals surface area contributed by atoms with Crippen LogP contribution in [0.5, 0.6) is 5.75 Å². The highest BCUT2D eigenvalue weighted by Crippen LogP contribution is 2.26. The number of ether oxygens (including phenoxy) is 1. The molecule has 0 bridgehead atoms. The highest BCUT2D eigenvalue weighted by molar-refractivity contribution is 6.36. The first kappa shape index (κ1) is 17.3. The number of fused-ring (bicyclic) bond motifs is 1. The largest absolute Gasteiger partial charge is 0.496 e. The molecule has 3 aromatic rings. The summed E-state index contributed by atoms with van der Waals surface area (Å²) in [6.07, 6.45) is 1.56. The SMILES string of the molecule is COc1ccc2ccccc2c1C=NNC(=O)c1ccc(Cl)cc1Cl. The molecule has 0 aliphatic rings. The van der Waals surface area contributed by atoms with Crippen molar-refractivity contribution < 1.29 is 9.53 Å². The molecule has 1 amide bonds. The lowest BCUT2D eigenvalue weighted by atomic mass is 10.0. The summed E-state index contributed by atoms with van der Waals surface area (Å²) in [6, 6.07) is 16.4. The molecule has 126 valence electrons. The molecule has 0 saturated carbocycles. The second-order valence-corrected chi connectivity index (χ2v) is 6.07. The molecule has 0 aliphatic carbocycles. The number of benzene rings is 3. The highest BCUT2D eigenvalue weighted by atomic mass is 35.5. The predicted octanol–water partition coefficient (Wildman–Crippen LogP) is 4.92. The van der Waals surface area contributed by atoms with Gasteiger partial charge in [-0.25, -0.2) is 5.43 Å². The van der Waals surface area contributed by atoms with Crippen LogP contribution >= 0.6 is 23.2 Å². The van der Waals surface area contributed by atoms with Gasteiger partial charge in [-0.05, 0) is 35.0 Å². The summed E-state index contributed by atoms with van der Waals surface area (Å²) in [5.74, 6) is 0.248. The molecule has 3 aromatic carbocycles. The highest BCUT2D eigenvalue weighted by Gasteiger charge is 2.10. The van der Waals surface area contributed by atoms with Gasteiger partial charge in [-0.15, -0.1) is 0 Å². The summed E-state index contributed by atoms with van der Waals surface area (Å²) in [6.45, 7) is 0. The van der Waals surface area contributed by atoms with Gasteiger partial charge in [0.25, 0.3) is 5.91 Å². The molecule has 0 heterocycles. The number of methoxy groups -OCH3 is 1. The van der Waals surface area contributed by atoms with Gasteiger partial charge in [-0.2, -0.15) is 5.10 Å². The Morgan fingerprint density at radius 1 is 1.12 bits per heavy atom. The standard InChI is InChI=1S/C19H14Cl2N2O2/c1-25-18-9-6-12-4-2-3-5-14(12)16(18)11-22-23-19(24)15-8-7-13(20)10-17(15)21/h2-11H,1H3,(H,23,24). The van der Waals surface area contributed by atoms with Crippen molar-refractivity contribution in [3.63, 3.8) is 0 Å². The van der Waals surface area contributed by atoms with E-state index in [0.717, 1.165) is 16.3 Å². The second-order valence-electron chi connectivity index (χ2n) is 5.23. The summed E-state index contributed by atoms with van der Waals surface area (Å²) in [5, 5.41) is 6.80. The van der Waals surface area contributed by atoms with Crippen LogP contribution in [0.4, 0.5) is 0 Å². The van der Waals surface area contributed by atoms with E-state index in [2.05, 4.69) is 10.5 Å². The van der Waals surface area contributed by atoms with Gasteiger partial charge < -0.3 is 4.74 Å². The van der Waals surface area contributed by atoms with Gasteiger partial charge in [0.05, 0.1) is 23.9 Å². The molecule has 0 spiro atoms. The fourth-order valence-corrected chi connectivity index (χ4v) is 2.97. The smallest absolute Gasteiger partial charge is 0.272 e. The van der Waals surface area contributed by atoms with E-state index in [-0.39, 0.29) is 5.02 Å². The molecule has 0 aromatic heterocycles. The van der Waals surface area contributed by atoms with Crippen LogP contribution in [-0.4, -0.2) is 19.2 Å². The quantitative estimate of drug-likeness (QED) is 0.521. The monoisotopic (exact) mass is 372 g/mol. The van der Waals surface area contributed by atoms with Crippen molar-refractivity contribution in [1.82, 2.24) is 5.43 Å². The fraction of sp³-hybridized carbons (Fsp3) is 0.0526. The van der Waals surface area contributed by atoms with Crippen molar-refractivity contribution in [3.05, 3.63) is 75.8 Å². The summed E-state index contributed by atoms with van der Waals surface area (Å²) in [7, 11) is 1.59. The number of halogens is 2. The number of hydrazone groups is 1.